The molecule has 1 rings (SSSR count). The highest BCUT2D eigenvalue weighted by Crippen LogP contribution is 2.25. The molecule has 1 amide bonds. The molecule has 0 fully saturated rings. The Morgan fingerprint density at radius 3 is 2.48 bits per heavy atom. The number of thioether (sulfide) groups is 1. The van der Waals surface area contributed by atoms with E-state index in [1.54, 1.807) is 43.0 Å². The molecule has 1 aromatic rings. The van der Waals surface area contributed by atoms with Gasteiger partial charge in [-0.15, -0.1) is 0 Å². The Labute approximate surface area is 160 Å². The predicted molar refractivity (Wildman–Crippen MR) is 108 cm³/mol. The fraction of sp³-hybridized carbons (Fsp3) is 0.588. The lowest BCUT2D eigenvalue weighted by Gasteiger charge is -2.30. The number of amides is 1. The van der Waals surface area contributed by atoms with Gasteiger partial charge in [-0.25, -0.2) is 8.42 Å². The van der Waals surface area contributed by atoms with Gasteiger partial charge in [0.25, 0.3) is 0 Å². The Morgan fingerprint density at radius 2 is 2.00 bits per heavy atom. The first-order valence-corrected chi connectivity index (χ1v) is 11.3. The van der Waals surface area contributed by atoms with Crippen LogP contribution in [0.25, 0.3) is 0 Å². The van der Waals surface area contributed by atoms with Gasteiger partial charge in [0.2, 0.25) is 15.9 Å². The largest absolute Gasteiger partial charge is 0.353 e. The van der Waals surface area contributed by atoms with E-state index in [4.69, 9.17) is 11.6 Å². The van der Waals surface area contributed by atoms with Gasteiger partial charge in [0.15, 0.2) is 0 Å². The van der Waals surface area contributed by atoms with Gasteiger partial charge in [-0.1, -0.05) is 45.4 Å². The van der Waals surface area contributed by atoms with Gasteiger partial charge in [0.05, 0.1) is 11.9 Å². The number of nitrogens with one attached hydrogen (secondary N) is 1. The number of hydrogen-bond acceptors (Lipinski definition) is 4. The van der Waals surface area contributed by atoms with Crippen LogP contribution in [-0.2, 0) is 14.8 Å². The molecule has 25 heavy (non-hydrogen) atoms. The molecule has 1 N–H and O–H groups in total. The zero-order valence-electron chi connectivity index (χ0n) is 15.4. The molecule has 1 atom stereocenters. The van der Waals surface area contributed by atoms with Gasteiger partial charge in [-0.2, -0.15) is 11.8 Å². The van der Waals surface area contributed by atoms with Crippen LogP contribution in [0.1, 0.15) is 34.1 Å². The van der Waals surface area contributed by atoms with Gasteiger partial charge >= 0.3 is 0 Å². The number of nitrogens with zero attached hydrogens (tertiary/aromatic N) is 1. The summed E-state index contributed by atoms with van der Waals surface area (Å²) in [5.41, 5.74) is 0.390. The number of benzene rings is 1. The molecule has 0 saturated heterocycles. The van der Waals surface area contributed by atoms with E-state index in [0.717, 1.165) is 16.3 Å². The number of carbonyl (C=O) groups is 1. The molecule has 0 aliphatic carbocycles. The summed E-state index contributed by atoms with van der Waals surface area (Å²) in [5, 5.41) is 3.26. The summed E-state index contributed by atoms with van der Waals surface area (Å²) in [4.78, 5) is 12.6. The minimum atomic E-state index is -3.64. The number of rotatable bonds is 8. The summed E-state index contributed by atoms with van der Waals surface area (Å²) in [6.45, 7) is 8.61. The van der Waals surface area contributed by atoms with E-state index in [0.29, 0.717) is 23.7 Å². The molecule has 0 radical (unpaired) electrons. The van der Waals surface area contributed by atoms with Gasteiger partial charge in [0.1, 0.15) is 6.04 Å². The first kappa shape index (κ1) is 22.1. The van der Waals surface area contributed by atoms with E-state index in [1.807, 2.05) is 0 Å². The van der Waals surface area contributed by atoms with Crippen molar-refractivity contribution in [2.45, 2.75) is 44.9 Å². The molecular weight excluding hydrogens is 380 g/mol. The van der Waals surface area contributed by atoms with Crippen LogP contribution in [-0.4, -0.2) is 43.7 Å². The lowest BCUT2D eigenvalue weighted by Crippen LogP contribution is -2.49. The third kappa shape index (κ3) is 7.46. The molecule has 0 aromatic heterocycles. The van der Waals surface area contributed by atoms with Crippen LogP contribution in [0.3, 0.4) is 0 Å². The number of halogens is 1. The van der Waals surface area contributed by atoms with Crippen molar-refractivity contribution >= 4 is 45.0 Å². The van der Waals surface area contributed by atoms with E-state index >= 15 is 0 Å². The fourth-order valence-corrected chi connectivity index (χ4v) is 4.53. The summed E-state index contributed by atoms with van der Waals surface area (Å²) in [7, 11) is -3.64. The summed E-state index contributed by atoms with van der Waals surface area (Å²) >= 11 is 7.73. The molecule has 8 heteroatoms. The topological polar surface area (TPSA) is 66.5 Å². The molecular formula is C17H27ClN2O3S2. The lowest BCUT2D eigenvalue weighted by atomic mass is 10.2. The molecule has 5 nitrogen and oxygen atoms in total. The summed E-state index contributed by atoms with van der Waals surface area (Å²) in [5.74, 6) is 0.462. The average Bonchev–Trinajstić information content (AvgIpc) is 2.46. The Kier molecular flexibility index (Phi) is 8.09. The average molecular weight is 407 g/mol. The van der Waals surface area contributed by atoms with Crippen molar-refractivity contribution in [3.8, 4) is 0 Å². The van der Waals surface area contributed by atoms with Crippen molar-refractivity contribution in [3.05, 3.63) is 29.3 Å². The Morgan fingerprint density at radius 1 is 1.36 bits per heavy atom. The maximum Gasteiger partial charge on any atom is 0.243 e. The summed E-state index contributed by atoms with van der Waals surface area (Å²) in [6.07, 6.45) is 1.46. The highest BCUT2D eigenvalue weighted by molar-refractivity contribution is 8.00. The van der Waals surface area contributed by atoms with Gasteiger partial charge < -0.3 is 5.32 Å². The van der Waals surface area contributed by atoms with Crippen molar-refractivity contribution in [2.75, 3.05) is 22.9 Å². The van der Waals surface area contributed by atoms with E-state index in [-0.39, 0.29) is 10.7 Å². The zero-order chi connectivity index (χ0) is 19.3. The summed E-state index contributed by atoms with van der Waals surface area (Å²) in [6, 6.07) is 5.70. The second-order valence-corrected chi connectivity index (χ2v) is 10.9. The van der Waals surface area contributed by atoms with E-state index < -0.39 is 16.1 Å². The quantitative estimate of drug-likeness (QED) is 0.670. The molecule has 0 heterocycles. The van der Waals surface area contributed by atoms with Crippen LogP contribution in [0.2, 0.25) is 5.02 Å². The van der Waals surface area contributed by atoms with Gasteiger partial charge in [0, 0.05) is 22.1 Å². The number of sulfonamides is 1. The maximum atomic E-state index is 12.6. The highest BCUT2D eigenvalue weighted by atomic mass is 35.5. The van der Waals surface area contributed by atoms with Crippen molar-refractivity contribution in [1.29, 1.82) is 0 Å². The van der Waals surface area contributed by atoms with E-state index in [2.05, 4.69) is 26.1 Å². The van der Waals surface area contributed by atoms with Crippen molar-refractivity contribution in [1.82, 2.24) is 5.32 Å². The second-order valence-electron chi connectivity index (χ2n) is 6.71. The van der Waals surface area contributed by atoms with Crippen LogP contribution >= 0.6 is 23.4 Å². The van der Waals surface area contributed by atoms with Crippen molar-refractivity contribution in [2.24, 2.45) is 0 Å². The van der Waals surface area contributed by atoms with Crippen LogP contribution in [0, 0.1) is 0 Å². The lowest BCUT2D eigenvalue weighted by molar-refractivity contribution is -0.122. The Bertz CT molecular complexity index is 687. The van der Waals surface area contributed by atoms with Crippen LogP contribution < -0.4 is 9.62 Å². The van der Waals surface area contributed by atoms with Gasteiger partial charge in [-0.3, -0.25) is 9.10 Å². The highest BCUT2D eigenvalue weighted by Gasteiger charge is 2.31. The third-order valence-corrected chi connectivity index (χ3v) is 6.02. The molecule has 142 valence electrons. The first-order valence-electron chi connectivity index (χ1n) is 8.12. The zero-order valence-corrected chi connectivity index (χ0v) is 17.8. The normalized spacial score (nSPS) is 13.4. The Hall–Kier alpha value is -0.920. The van der Waals surface area contributed by atoms with Crippen LogP contribution in [0.4, 0.5) is 5.69 Å². The molecule has 0 bridgehead atoms. The molecule has 0 aliphatic rings. The standard InChI is InChI=1S/C17H27ClN2O3S2/c1-6-15(16(21)19-10-11-24-17(2,3)4)20(25(5,22)23)14-9-7-8-13(18)12-14/h7-9,12,15H,6,10-11H2,1-5H3,(H,19,21). The molecule has 0 aliphatic heterocycles. The Balaban J connectivity index is 2.93. The van der Waals surface area contributed by atoms with Crippen molar-refractivity contribution < 1.29 is 13.2 Å². The first-order chi connectivity index (χ1) is 11.5. The number of anilines is 1. The minimum Gasteiger partial charge on any atom is -0.353 e. The number of carbonyl (C=O) groups excluding carboxylic acids is 1. The molecule has 0 spiro atoms. The molecule has 1 aromatic carbocycles. The second kappa shape index (κ2) is 9.14. The van der Waals surface area contributed by atoms with Crippen LogP contribution in [0.5, 0.6) is 0 Å². The van der Waals surface area contributed by atoms with Gasteiger partial charge in [-0.05, 0) is 24.6 Å². The van der Waals surface area contributed by atoms with E-state index in [1.165, 1.54) is 0 Å². The minimum absolute atomic E-state index is 0.120. The van der Waals surface area contributed by atoms with Crippen LogP contribution in [0.15, 0.2) is 24.3 Å². The molecule has 1 unspecified atom stereocenters. The number of hydrogen-bond donors (Lipinski definition) is 1. The smallest absolute Gasteiger partial charge is 0.243 e. The fourth-order valence-electron chi connectivity index (χ4n) is 2.32. The van der Waals surface area contributed by atoms with Crippen molar-refractivity contribution in [3.63, 3.8) is 0 Å². The predicted octanol–water partition coefficient (Wildman–Crippen LogP) is 3.53. The SMILES string of the molecule is CCC(C(=O)NCCSC(C)(C)C)N(c1cccc(Cl)c1)S(C)(=O)=O. The maximum absolute atomic E-state index is 12.6. The summed E-state index contributed by atoms with van der Waals surface area (Å²) < 4.78 is 25.9. The van der Waals surface area contributed by atoms with E-state index in [9.17, 15) is 13.2 Å². The molecule has 0 saturated carbocycles. The monoisotopic (exact) mass is 406 g/mol. The third-order valence-electron chi connectivity index (χ3n) is 3.33.